The van der Waals surface area contributed by atoms with E-state index in [1.165, 1.54) is 43.6 Å². The van der Waals surface area contributed by atoms with Crippen LogP contribution in [0.15, 0.2) is 6.20 Å². The van der Waals surface area contributed by atoms with Crippen LogP contribution in [-0.2, 0) is 19.0 Å². The minimum Gasteiger partial charge on any atom is -0.308 e. The molecule has 0 aromatic carbocycles. The van der Waals surface area contributed by atoms with Gasteiger partial charge in [-0.05, 0) is 25.8 Å². The minimum absolute atomic E-state index is 0.118. The van der Waals surface area contributed by atoms with Gasteiger partial charge in [0, 0.05) is 49.4 Å². The van der Waals surface area contributed by atoms with Crippen molar-refractivity contribution in [2.24, 2.45) is 7.05 Å². The Labute approximate surface area is 122 Å². The van der Waals surface area contributed by atoms with Crippen molar-refractivity contribution >= 4 is 0 Å². The van der Waals surface area contributed by atoms with E-state index in [1.807, 2.05) is 11.7 Å². The quantitative estimate of drug-likeness (QED) is 0.917. The zero-order chi connectivity index (χ0) is 14.3. The van der Waals surface area contributed by atoms with Crippen LogP contribution >= 0.6 is 0 Å². The molecule has 4 nitrogen and oxygen atoms in total. The van der Waals surface area contributed by atoms with E-state index >= 15 is 0 Å². The summed E-state index contributed by atoms with van der Waals surface area (Å²) < 4.78 is 1.95. The fraction of sp³-hybridized carbons (Fsp3) is 0.812. The van der Waals surface area contributed by atoms with Crippen molar-refractivity contribution in [3.05, 3.63) is 17.5 Å². The van der Waals surface area contributed by atoms with Gasteiger partial charge in [0.25, 0.3) is 0 Å². The Morgan fingerprint density at radius 3 is 2.85 bits per heavy atom. The van der Waals surface area contributed by atoms with Gasteiger partial charge in [-0.1, -0.05) is 20.8 Å². The summed E-state index contributed by atoms with van der Waals surface area (Å²) in [7, 11) is 2.02. The Hall–Kier alpha value is -0.870. The van der Waals surface area contributed by atoms with Gasteiger partial charge < -0.3 is 5.32 Å². The summed E-state index contributed by atoms with van der Waals surface area (Å²) in [4.78, 5) is 2.66. The number of aromatic nitrogens is 2. The number of nitrogens with one attached hydrogen (secondary N) is 1. The lowest BCUT2D eigenvalue weighted by molar-refractivity contribution is 0.298. The Kier molecular flexibility index (Phi) is 3.63. The molecule has 2 aliphatic heterocycles. The predicted octanol–water partition coefficient (Wildman–Crippen LogP) is 2.04. The van der Waals surface area contributed by atoms with E-state index in [0.717, 1.165) is 12.6 Å². The summed E-state index contributed by atoms with van der Waals surface area (Å²) in [5, 5.41) is 8.46. The van der Waals surface area contributed by atoms with Crippen LogP contribution in [0.4, 0.5) is 0 Å². The van der Waals surface area contributed by atoms with Crippen LogP contribution in [0.25, 0.3) is 0 Å². The molecule has 0 bridgehead atoms. The molecule has 2 aliphatic rings. The topological polar surface area (TPSA) is 33.1 Å². The highest BCUT2D eigenvalue weighted by molar-refractivity contribution is 5.24. The molecule has 0 amide bonds. The van der Waals surface area contributed by atoms with Crippen molar-refractivity contribution in [3.63, 3.8) is 0 Å². The van der Waals surface area contributed by atoms with Gasteiger partial charge in [0.1, 0.15) is 0 Å². The molecular formula is C16H28N4. The molecule has 2 atom stereocenters. The Balaban J connectivity index is 1.67. The first-order chi connectivity index (χ1) is 9.45. The Bertz CT molecular complexity index is 471. The van der Waals surface area contributed by atoms with Crippen molar-refractivity contribution in [1.29, 1.82) is 0 Å². The van der Waals surface area contributed by atoms with E-state index in [4.69, 9.17) is 0 Å². The van der Waals surface area contributed by atoms with Gasteiger partial charge in [-0.2, -0.15) is 5.10 Å². The van der Waals surface area contributed by atoms with E-state index in [2.05, 4.69) is 42.3 Å². The summed E-state index contributed by atoms with van der Waals surface area (Å²) in [5.74, 6) is 0. The van der Waals surface area contributed by atoms with Crippen molar-refractivity contribution in [3.8, 4) is 0 Å². The van der Waals surface area contributed by atoms with E-state index in [9.17, 15) is 0 Å². The first kappa shape index (κ1) is 14.1. The maximum atomic E-state index is 4.66. The molecule has 0 saturated carbocycles. The van der Waals surface area contributed by atoms with Crippen molar-refractivity contribution in [1.82, 2.24) is 20.0 Å². The molecule has 0 radical (unpaired) electrons. The Morgan fingerprint density at radius 1 is 1.30 bits per heavy atom. The lowest BCUT2D eigenvalue weighted by Gasteiger charge is -2.22. The second-order valence-corrected chi connectivity index (χ2v) is 7.45. The molecule has 3 heterocycles. The van der Waals surface area contributed by atoms with Gasteiger partial charge in [0.2, 0.25) is 0 Å². The number of rotatable bonds is 3. The standard InChI is InChI=1S/C16H28N4/c1-16(2,3)15-12(11-19(4)18-15)10-17-13-7-9-20-8-5-6-14(13)20/h11,13-14,17H,5-10H2,1-4H3. The van der Waals surface area contributed by atoms with Gasteiger partial charge in [-0.3, -0.25) is 9.58 Å². The molecule has 20 heavy (non-hydrogen) atoms. The number of nitrogens with zero attached hydrogens (tertiary/aromatic N) is 3. The number of hydrogen-bond acceptors (Lipinski definition) is 3. The normalized spacial score (nSPS) is 27.2. The summed E-state index contributed by atoms with van der Waals surface area (Å²) in [6.07, 6.45) is 6.23. The van der Waals surface area contributed by atoms with Crippen LogP contribution in [0.1, 0.15) is 51.3 Å². The van der Waals surface area contributed by atoms with Crippen LogP contribution < -0.4 is 5.32 Å². The molecule has 2 saturated heterocycles. The highest BCUT2D eigenvalue weighted by atomic mass is 15.3. The van der Waals surface area contributed by atoms with Crippen molar-refractivity contribution in [2.75, 3.05) is 13.1 Å². The largest absolute Gasteiger partial charge is 0.308 e. The first-order valence-electron chi connectivity index (χ1n) is 7.95. The molecule has 4 heteroatoms. The third kappa shape index (κ3) is 2.63. The third-order valence-electron chi connectivity index (χ3n) is 4.78. The molecule has 1 aromatic heterocycles. The van der Waals surface area contributed by atoms with E-state index in [-0.39, 0.29) is 5.41 Å². The molecule has 2 unspecified atom stereocenters. The maximum absolute atomic E-state index is 4.66. The summed E-state index contributed by atoms with van der Waals surface area (Å²) in [6.45, 7) is 10.3. The van der Waals surface area contributed by atoms with Gasteiger partial charge in [0.15, 0.2) is 0 Å². The highest BCUT2D eigenvalue weighted by Crippen LogP contribution is 2.29. The number of aryl methyl sites for hydroxylation is 1. The first-order valence-corrected chi connectivity index (χ1v) is 7.95. The molecule has 0 spiro atoms. The summed E-state index contributed by atoms with van der Waals surface area (Å²) >= 11 is 0. The molecule has 1 aromatic rings. The van der Waals surface area contributed by atoms with E-state index in [1.54, 1.807) is 0 Å². The van der Waals surface area contributed by atoms with Crippen molar-refractivity contribution < 1.29 is 0 Å². The maximum Gasteiger partial charge on any atom is 0.0722 e. The van der Waals surface area contributed by atoms with Gasteiger partial charge in [-0.25, -0.2) is 0 Å². The number of hydrogen-bond donors (Lipinski definition) is 1. The average Bonchev–Trinajstić information content (AvgIpc) is 3.00. The molecule has 112 valence electrons. The highest BCUT2D eigenvalue weighted by Gasteiger charge is 2.36. The molecular weight excluding hydrogens is 248 g/mol. The average molecular weight is 276 g/mol. The summed E-state index contributed by atoms with van der Waals surface area (Å²) in [5.41, 5.74) is 2.71. The Morgan fingerprint density at radius 2 is 2.10 bits per heavy atom. The molecule has 1 N–H and O–H groups in total. The smallest absolute Gasteiger partial charge is 0.0722 e. The lowest BCUT2D eigenvalue weighted by atomic mass is 9.89. The van der Waals surface area contributed by atoms with Crippen LogP contribution in [0.5, 0.6) is 0 Å². The monoisotopic (exact) mass is 276 g/mol. The second-order valence-electron chi connectivity index (χ2n) is 7.45. The molecule has 2 fully saturated rings. The zero-order valence-electron chi connectivity index (χ0n) is 13.3. The van der Waals surface area contributed by atoms with Crippen LogP contribution in [0.2, 0.25) is 0 Å². The SMILES string of the molecule is Cn1cc(CNC2CCN3CCCC23)c(C(C)(C)C)n1. The van der Waals surface area contributed by atoms with E-state index in [0.29, 0.717) is 6.04 Å². The molecule has 0 aliphatic carbocycles. The zero-order valence-corrected chi connectivity index (χ0v) is 13.3. The van der Waals surface area contributed by atoms with Gasteiger partial charge in [-0.15, -0.1) is 0 Å². The lowest BCUT2D eigenvalue weighted by Crippen LogP contribution is -2.39. The third-order valence-corrected chi connectivity index (χ3v) is 4.78. The minimum atomic E-state index is 0.118. The molecule has 3 rings (SSSR count). The summed E-state index contributed by atoms with van der Waals surface area (Å²) in [6, 6.07) is 1.45. The number of fused-ring (bicyclic) bond motifs is 1. The van der Waals surface area contributed by atoms with Crippen LogP contribution in [-0.4, -0.2) is 39.9 Å². The second kappa shape index (κ2) is 5.15. The van der Waals surface area contributed by atoms with Crippen LogP contribution in [0, 0.1) is 0 Å². The van der Waals surface area contributed by atoms with Gasteiger partial charge in [0.05, 0.1) is 5.69 Å². The fourth-order valence-corrected chi connectivity index (χ4v) is 3.86. The predicted molar refractivity (Wildman–Crippen MR) is 81.7 cm³/mol. The van der Waals surface area contributed by atoms with Crippen LogP contribution in [0.3, 0.4) is 0 Å². The fourth-order valence-electron chi connectivity index (χ4n) is 3.86. The van der Waals surface area contributed by atoms with E-state index < -0.39 is 0 Å². The van der Waals surface area contributed by atoms with Gasteiger partial charge >= 0.3 is 0 Å². The van der Waals surface area contributed by atoms with Crippen molar-refractivity contribution in [2.45, 2.75) is 64.1 Å².